The summed E-state index contributed by atoms with van der Waals surface area (Å²) in [6.45, 7) is 1.41. The fraction of sp³-hybridized carbons (Fsp3) is 0.364. The fourth-order valence-electron chi connectivity index (χ4n) is 3.81. The zero-order chi connectivity index (χ0) is 22.6. The first-order valence-electron chi connectivity index (χ1n) is 10.3. The number of carbonyl (C=O) groups is 2. The third-order valence-electron chi connectivity index (χ3n) is 5.37. The average Bonchev–Trinajstić information content (AvgIpc) is 3.20. The van der Waals surface area contributed by atoms with Crippen LogP contribution in [0.25, 0.3) is 11.0 Å². The van der Waals surface area contributed by atoms with Crippen LogP contribution < -0.4 is 10.5 Å². The maximum absolute atomic E-state index is 13.0. The fourth-order valence-corrected chi connectivity index (χ4v) is 3.93. The van der Waals surface area contributed by atoms with Gasteiger partial charge in [-0.3, -0.25) is 9.59 Å². The Labute approximate surface area is 190 Å². The Balaban J connectivity index is 1.41. The molecule has 3 aromatic rings. The van der Waals surface area contributed by atoms with Crippen LogP contribution in [0.4, 0.5) is 0 Å². The van der Waals surface area contributed by atoms with Crippen LogP contribution in [-0.2, 0) is 20.9 Å². The van der Waals surface area contributed by atoms with E-state index in [4.69, 9.17) is 26.8 Å². The van der Waals surface area contributed by atoms with Crippen LogP contribution >= 0.6 is 11.6 Å². The van der Waals surface area contributed by atoms with E-state index < -0.39 is 11.5 Å². The summed E-state index contributed by atoms with van der Waals surface area (Å²) in [5.74, 6) is 0.00432. The van der Waals surface area contributed by atoms with Crippen molar-refractivity contribution in [1.29, 1.82) is 0 Å². The van der Waals surface area contributed by atoms with Gasteiger partial charge in [0.15, 0.2) is 0 Å². The van der Waals surface area contributed by atoms with Crippen molar-refractivity contribution < 1.29 is 19.1 Å². The number of amides is 2. The third kappa shape index (κ3) is 5.17. The number of fused-ring (bicyclic) bond motifs is 1. The molecule has 0 saturated carbocycles. The zero-order valence-corrected chi connectivity index (χ0v) is 18.2. The van der Waals surface area contributed by atoms with Crippen molar-refractivity contribution in [3.63, 3.8) is 0 Å². The normalized spacial score (nSPS) is 18.6. The van der Waals surface area contributed by atoms with Crippen LogP contribution in [0.15, 0.2) is 48.5 Å². The van der Waals surface area contributed by atoms with Gasteiger partial charge in [-0.25, -0.2) is 4.68 Å². The van der Waals surface area contributed by atoms with Crippen molar-refractivity contribution >= 4 is 34.4 Å². The highest BCUT2D eigenvalue weighted by Gasteiger charge is 2.40. The lowest BCUT2D eigenvalue weighted by atomic mass is 9.97. The molecule has 0 spiro atoms. The van der Waals surface area contributed by atoms with Crippen LogP contribution in [0.2, 0.25) is 5.02 Å². The van der Waals surface area contributed by atoms with Gasteiger partial charge in [0.25, 0.3) is 0 Å². The molecule has 10 heteroatoms. The molecule has 1 aliphatic rings. The Kier molecular flexibility index (Phi) is 6.57. The number of aryl methyl sites for hydroxylation is 1. The number of morpholine rings is 1. The van der Waals surface area contributed by atoms with Crippen molar-refractivity contribution in [3.05, 3.63) is 53.6 Å². The van der Waals surface area contributed by atoms with E-state index in [1.165, 1.54) is 0 Å². The molecule has 0 radical (unpaired) electrons. The van der Waals surface area contributed by atoms with E-state index in [1.54, 1.807) is 33.8 Å². The number of ether oxygens (including phenoxy) is 2. The summed E-state index contributed by atoms with van der Waals surface area (Å²) in [6.07, 6.45) is 0.191. The number of nitrogens with two attached hydrogens (primary N) is 1. The number of hydrogen-bond donors (Lipinski definition) is 1. The molecule has 32 heavy (non-hydrogen) atoms. The first kappa shape index (κ1) is 22.0. The lowest BCUT2D eigenvalue weighted by Crippen LogP contribution is -2.58. The minimum absolute atomic E-state index is 0.0575. The van der Waals surface area contributed by atoms with Crippen molar-refractivity contribution in [2.45, 2.75) is 25.0 Å². The monoisotopic (exact) mass is 457 g/mol. The van der Waals surface area contributed by atoms with Gasteiger partial charge in [0.1, 0.15) is 23.5 Å². The number of halogens is 1. The van der Waals surface area contributed by atoms with Gasteiger partial charge in [-0.1, -0.05) is 28.9 Å². The molecule has 1 fully saturated rings. The molecule has 2 amide bonds. The molecule has 9 nitrogen and oxygen atoms in total. The maximum Gasteiger partial charge on any atom is 0.224 e. The second-order valence-corrected chi connectivity index (χ2v) is 8.22. The lowest BCUT2D eigenvalue weighted by Gasteiger charge is -2.42. The lowest BCUT2D eigenvalue weighted by molar-refractivity contribution is -0.161. The molecule has 2 aromatic carbocycles. The minimum atomic E-state index is -1.01. The molecule has 168 valence electrons. The predicted molar refractivity (Wildman–Crippen MR) is 118 cm³/mol. The Hall–Kier alpha value is -3.17. The van der Waals surface area contributed by atoms with E-state index in [1.807, 2.05) is 24.3 Å². The number of primary amides is 1. The molecule has 4 rings (SSSR count). The average molecular weight is 458 g/mol. The van der Waals surface area contributed by atoms with Gasteiger partial charge in [0, 0.05) is 18.0 Å². The van der Waals surface area contributed by atoms with Gasteiger partial charge < -0.3 is 20.1 Å². The molecule has 2 N–H and O–H groups in total. The van der Waals surface area contributed by atoms with E-state index >= 15 is 0 Å². The van der Waals surface area contributed by atoms with Gasteiger partial charge in [-0.15, -0.1) is 5.10 Å². The summed E-state index contributed by atoms with van der Waals surface area (Å²) >= 11 is 5.91. The molecular formula is C22H24ClN5O4. The van der Waals surface area contributed by atoms with E-state index in [2.05, 4.69) is 10.3 Å². The highest BCUT2D eigenvalue weighted by atomic mass is 35.5. The van der Waals surface area contributed by atoms with E-state index in [9.17, 15) is 9.59 Å². The molecule has 1 saturated heterocycles. The number of benzene rings is 2. The van der Waals surface area contributed by atoms with Crippen molar-refractivity contribution in [2.75, 3.05) is 26.3 Å². The van der Waals surface area contributed by atoms with E-state index in [0.717, 1.165) is 11.0 Å². The van der Waals surface area contributed by atoms with Crippen LogP contribution in [0.3, 0.4) is 0 Å². The van der Waals surface area contributed by atoms with E-state index in [0.29, 0.717) is 23.9 Å². The van der Waals surface area contributed by atoms with Crippen LogP contribution in [0, 0.1) is 0 Å². The second kappa shape index (κ2) is 9.54. The highest BCUT2D eigenvalue weighted by molar-refractivity contribution is 6.30. The molecule has 1 aromatic heterocycles. The first-order chi connectivity index (χ1) is 15.4. The number of hydrogen-bond acceptors (Lipinski definition) is 6. The first-order valence-corrected chi connectivity index (χ1v) is 10.7. The molecule has 1 atom stereocenters. The third-order valence-corrected chi connectivity index (χ3v) is 5.62. The maximum atomic E-state index is 13.0. The molecule has 2 heterocycles. The van der Waals surface area contributed by atoms with Gasteiger partial charge >= 0.3 is 0 Å². The summed E-state index contributed by atoms with van der Waals surface area (Å²) in [4.78, 5) is 26.4. The zero-order valence-electron chi connectivity index (χ0n) is 17.4. The van der Waals surface area contributed by atoms with Gasteiger partial charge in [0.05, 0.1) is 31.6 Å². The Bertz CT molecular complexity index is 1100. The molecular weight excluding hydrogens is 434 g/mol. The van der Waals surface area contributed by atoms with Crippen molar-refractivity contribution in [1.82, 2.24) is 19.9 Å². The van der Waals surface area contributed by atoms with Crippen LogP contribution in [0.1, 0.15) is 12.8 Å². The van der Waals surface area contributed by atoms with Gasteiger partial charge in [-0.05, 0) is 36.4 Å². The smallest absolute Gasteiger partial charge is 0.224 e. The number of para-hydroxylation sites is 1. The topological polar surface area (TPSA) is 113 Å². The van der Waals surface area contributed by atoms with Gasteiger partial charge in [0.2, 0.25) is 11.8 Å². The minimum Gasteiger partial charge on any atom is -0.490 e. The van der Waals surface area contributed by atoms with Crippen LogP contribution in [-0.4, -0.2) is 63.6 Å². The SMILES string of the molecule is NC(=O)CC1(COc2ccc(Cl)cc2)CN(C(=O)CCn2nnc3ccccc32)CCO1. The van der Waals surface area contributed by atoms with E-state index in [-0.39, 0.29) is 38.5 Å². The van der Waals surface area contributed by atoms with Crippen molar-refractivity contribution in [3.8, 4) is 5.75 Å². The largest absolute Gasteiger partial charge is 0.490 e. The quantitative estimate of drug-likeness (QED) is 0.553. The molecule has 0 bridgehead atoms. The number of carbonyl (C=O) groups excluding carboxylic acids is 2. The summed E-state index contributed by atoms with van der Waals surface area (Å²) in [7, 11) is 0. The standard InChI is InChI=1S/C22H24ClN5O4/c23-16-5-7-17(8-6-16)31-15-22(13-20(24)29)14-27(11-12-32-22)21(30)9-10-28-19-4-2-1-3-18(19)25-26-28/h1-8H,9-15H2,(H2,24,29). The summed E-state index contributed by atoms with van der Waals surface area (Å²) in [6, 6.07) is 14.5. The van der Waals surface area contributed by atoms with Crippen molar-refractivity contribution in [2.24, 2.45) is 5.73 Å². The summed E-state index contributed by atoms with van der Waals surface area (Å²) in [5.41, 5.74) is 6.13. The Morgan fingerprint density at radius 2 is 1.97 bits per heavy atom. The molecule has 0 aliphatic carbocycles. The van der Waals surface area contributed by atoms with Crippen LogP contribution in [0.5, 0.6) is 5.75 Å². The summed E-state index contributed by atoms with van der Waals surface area (Å²) in [5, 5.41) is 8.84. The summed E-state index contributed by atoms with van der Waals surface area (Å²) < 4.78 is 13.5. The number of rotatable bonds is 8. The molecule has 1 unspecified atom stereocenters. The Morgan fingerprint density at radius 1 is 1.19 bits per heavy atom. The second-order valence-electron chi connectivity index (χ2n) is 7.78. The molecule has 1 aliphatic heterocycles. The number of nitrogens with zero attached hydrogens (tertiary/aromatic N) is 4. The highest BCUT2D eigenvalue weighted by Crippen LogP contribution is 2.25. The van der Waals surface area contributed by atoms with Gasteiger partial charge in [-0.2, -0.15) is 0 Å². The predicted octanol–water partition coefficient (Wildman–Crippen LogP) is 2.03. The Morgan fingerprint density at radius 3 is 2.75 bits per heavy atom. The number of aromatic nitrogens is 3.